The van der Waals surface area contributed by atoms with Gasteiger partial charge in [0.05, 0.1) is 0 Å². The number of fused-ring (bicyclic) bond motifs is 1. The maximum atomic E-state index is 2.49. The van der Waals surface area contributed by atoms with Crippen LogP contribution < -0.4 is 0 Å². The third-order valence-electron chi connectivity index (χ3n) is 5.55. The van der Waals surface area contributed by atoms with Crippen LogP contribution in [-0.4, -0.2) is 0 Å². The van der Waals surface area contributed by atoms with E-state index in [-0.39, 0.29) is 0 Å². The van der Waals surface area contributed by atoms with Crippen LogP contribution in [0.5, 0.6) is 0 Å². The molecule has 0 nitrogen and oxygen atoms in total. The van der Waals surface area contributed by atoms with Crippen LogP contribution in [0.15, 0.2) is 0 Å². The Morgan fingerprint density at radius 2 is 1.67 bits per heavy atom. The summed E-state index contributed by atoms with van der Waals surface area (Å²) in [5, 5.41) is 0. The molecule has 0 aliphatic heterocycles. The fourth-order valence-electron chi connectivity index (χ4n) is 4.42. The van der Waals surface area contributed by atoms with Gasteiger partial charge < -0.3 is 0 Å². The Hall–Kier alpha value is 0. The smallest absolute Gasteiger partial charge is 0.0170 e. The van der Waals surface area contributed by atoms with Crippen molar-refractivity contribution in [2.75, 3.05) is 0 Å². The highest BCUT2D eigenvalue weighted by Gasteiger charge is 3.01. The SMILES string of the molecule is CC12CCC3C1(C)C32C. The van der Waals surface area contributed by atoms with Crippen LogP contribution in [0.4, 0.5) is 0 Å². The van der Waals surface area contributed by atoms with Gasteiger partial charge in [-0.05, 0) is 35.0 Å². The molecule has 0 spiro atoms. The lowest BCUT2D eigenvalue weighted by Crippen LogP contribution is -2.09. The second kappa shape index (κ2) is 0.741. The quantitative estimate of drug-likeness (QED) is 0.463. The third-order valence-corrected chi connectivity index (χ3v) is 5.55. The summed E-state index contributed by atoms with van der Waals surface area (Å²) in [5.41, 5.74) is 2.44. The van der Waals surface area contributed by atoms with Crippen molar-refractivity contribution in [3.8, 4) is 0 Å². The summed E-state index contributed by atoms with van der Waals surface area (Å²) in [4.78, 5) is 0. The highest BCUT2D eigenvalue weighted by molar-refractivity contribution is 5.47. The standard InChI is InChI=1S/C9H14/c1-7-5-4-6-8(7,2)9(6,7)3/h6H,4-5H2,1-3H3. The first-order valence-corrected chi connectivity index (χ1v) is 4.09. The molecule has 9 heavy (non-hydrogen) atoms. The van der Waals surface area contributed by atoms with E-state index in [2.05, 4.69) is 20.8 Å². The lowest BCUT2D eigenvalue weighted by molar-refractivity contribution is 0.327. The Labute approximate surface area is 56.6 Å². The minimum absolute atomic E-state index is 0.796. The second-order valence-corrected chi connectivity index (χ2v) is 4.83. The first-order valence-electron chi connectivity index (χ1n) is 4.09. The fourth-order valence-corrected chi connectivity index (χ4v) is 4.42. The molecule has 0 aromatic carbocycles. The Kier molecular flexibility index (Phi) is 0.392. The van der Waals surface area contributed by atoms with Crippen LogP contribution in [0.1, 0.15) is 33.6 Å². The zero-order chi connectivity index (χ0) is 6.49. The topological polar surface area (TPSA) is 0 Å². The van der Waals surface area contributed by atoms with E-state index in [9.17, 15) is 0 Å². The molecule has 4 aliphatic rings. The molecule has 2 unspecified atom stereocenters. The normalized spacial score (nSPS) is 82.3. The summed E-state index contributed by atoms with van der Waals surface area (Å²) in [5.74, 6) is 1.13. The van der Waals surface area contributed by atoms with Gasteiger partial charge in [-0.3, -0.25) is 0 Å². The fraction of sp³-hybridized carbons (Fsp3) is 1.00. The Bertz CT molecular complexity index is 174. The first kappa shape index (κ1) is 4.76. The van der Waals surface area contributed by atoms with E-state index in [1.165, 1.54) is 12.8 Å². The molecule has 4 aliphatic carbocycles. The largest absolute Gasteiger partial charge is 0.0585 e. The van der Waals surface area contributed by atoms with E-state index in [1.807, 2.05) is 0 Å². The van der Waals surface area contributed by atoms with Gasteiger partial charge in [-0.2, -0.15) is 0 Å². The van der Waals surface area contributed by atoms with Gasteiger partial charge in [0.1, 0.15) is 0 Å². The van der Waals surface area contributed by atoms with E-state index >= 15 is 0 Å². The van der Waals surface area contributed by atoms with Gasteiger partial charge in [-0.15, -0.1) is 0 Å². The first-order chi connectivity index (χ1) is 4.09. The monoisotopic (exact) mass is 122 g/mol. The highest BCUT2D eigenvalue weighted by Crippen LogP contribution is 3.05. The average molecular weight is 122 g/mol. The molecule has 50 valence electrons. The van der Waals surface area contributed by atoms with Crippen molar-refractivity contribution in [3.63, 3.8) is 0 Å². The van der Waals surface area contributed by atoms with Crippen molar-refractivity contribution in [1.82, 2.24) is 0 Å². The Morgan fingerprint density at radius 1 is 1.11 bits per heavy atom. The molecule has 0 N–H and O–H groups in total. The van der Waals surface area contributed by atoms with Crippen LogP contribution in [0.25, 0.3) is 0 Å². The molecule has 4 saturated carbocycles. The van der Waals surface area contributed by atoms with Gasteiger partial charge in [0.15, 0.2) is 0 Å². The average Bonchev–Trinajstić information content (AvgIpc) is 2.33. The predicted molar refractivity (Wildman–Crippen MR) is 37.0 cm³/mol. The lowest BCUT2D eigenvalue weighted by atomic mass is 9.89. The van der Waals surface area contributed by atoms with E-state index in [4.69, 9.17) is 0 Å². The molecular weight excluding hydrogens is 108 g/mol. The van der Waals surface area contributed by atoms with E-state index in [0.717, 1.165) is 22.2 Å². The number of hydrogen-bond acceptors (Lipinski definition) is 0. The number of hydrogen-bond donors (Lipinski definition) is 0. The van der Waals surface area contributed by atoms with E-state index < -0.39 is 0 Å². The molecule has 0 aromatic heterocycles. The van der Waals surface area contributed by atoms with Crippen molar-refractivity contribution in [1.29, 1.82) is 0 Å². The summed E-state index contributed by atoms with van der Waals surface area (Å²) in [7, 11) is 0. The van der Waals surface area contributed by atoms with Gasteiger partial charge in [-0.1, -0.05) is 20.8 Å². The summed E-state index contributed by atoms with van der Waals surface area (Å²) in [6.07, 6.45) is 3.05. The third kappa shape index (κ3) is 0.171. The molecule has 0 aromatic rings. The van der Waals surface area contributed by atoms with Crippen LogP contribution in [0, 0.1) is 22.2 Å². The molecule has 4 fully saturated rings. The van der Waals surface area contributed by atoms with Gasteiger partial charge in [-0.25, -0.2) is 0 Å². The van der Waals surface area contributed by atoms with Crippen LogP contribution >= 0.6 is 0 Å². The predicted octanol–water partition coefficient (Wildman–Crippen LogP) is 2.44. The van der Waals surface area contributed by atoms with Crippen molar-refractivity contribution in [3.05, 3.63) is 0 Å². The van der Waals surface area contributed by atoms with Gasteiger partial charge >= 0.3 is 0 Å². The minimum atomic E-state index is 0.796. The van der Waals surface area contributed by atoms with Gasteiger partial charge in [0.2, 0.25) is 0 Å². The zero-order valence-corrected chi connectivity index (χ0v) is 6.49. The van der Waals surface area contributed by atoms with Crippen molar-refractivity contribution in [2.24, 2.45) is 22.2 Å². The van der Waals surface area contributed by atoms with Crippen LogP contribution in [0.3, 0.4) is 0 Å². The van der Waals surface area contributed by atoms with Gasteiger partial charge in [0, 0.05) is 0 Å². The zero-order valence-electron chi connectivity index (χ0n) is 6.49. The minimum Gasteiger partial charge on any atom is -0.0585 e. The van der Waals surface area contributed by atoms with Crippen LogP contribution in [-0.2, 0) is 0 Å². The molecule has 0 heterocycles. The summed E-state index contributed by atoms with van der Waals surface area (Å²) < 4.78 is 0. The van der Waals surface area contributed by atoms with Crippen molar-refractivity contribution in [2.45, 2.75) is 33.6 Å². The Morgan fingerprint density at radius 3 is 1.78 bits per heavy atom. The van der Waals surface area contributed by atoms with Gasteiger partial charge in [0.25, 0.3) is 0 Å². The maximum Gasteiger partial charge on any atom is -0.0170 e. The summed E-state index contributed by atoms with van der Waals surface area (Å²) >= 11 is 0. The van der Waals surface area contributed by atoms with Crippen molar-refractivity contribution < 1.29 is 0 Å². The van der Waals surface area contributed by atoms with E-state index in [0.29, 0.717) is 0 Å². The molecule has 4 rings (SSSR count). The van der Waals surface area contributed by atoms with E-state index in [1.54, 1.807) is 0 Å². The molecule has 0 amide bonds. The maximum absolute atomic E-state index is 2.49. The molecular formula is C9H14. The highest BCUT2D eigenvalue weighted by atomic mass is 15.0. The Balaban J connectivity index is 2.20. The molecule has 0 radical (unpaired) electrons. The molecule has 2 bridgehead atoms. The summed E-state index contributed by atoms with van der Waals surface area (Å²) in [6, 6.07) is 0. The lowest BCUT2D eigenvalue weighted by Gasteiger charge is -2.15. The molecule has 0 heteroatoms. The summed E-state index contributed by atoms with van der Waals surface area (Å²) in [6.45, 7) is 7.46. The number of rotatable bonds is 0. The second-order valence-electron chi connectivity index (χ2n) is 4.83. The van der Waals surface area contributed by atoms with Crippen molar-refractivity contribution >= 4 is 0 Å². The molecule has 0 saturated heterocycles. The van der Waals surface area contributed by atoms with Crippen LogP contribution in [0.2, 0.25) is 0 Å². The molecule has 2 atom stereocenters.